The van der Waals surface area contributed by atoms with E-state index in [-0.39, 0.29) is 0 Å². The molecule has 1 N–H and O–H groups in total. The summed E-state index contributed by atoms with van der Waals surface area (Å²) in [5.41, 5.74) is -0.521. The second-order valence-electron chi connectivity index (χ2n) is 6.09. The zero-order chi connectivity index (χ0) is 13.3. The Kier molecular flexibility index (Phi) is 3.50. The first-order chi connectivity index (χ1) is 9.16. The maximum Gasteiger partial charge on any atom is 0.119 e. The minimum Gasteiger partial charge on any atom is -0.493 e. The Hall–Kier alpha value is -1.06. The maximum absolute atomic E-state index is 10.7. The molecule has 2 aliphatic rings. The van der Waals surface area contributed by atoms with E-state index < -0.39 is 5.60 Å². The van der Waals surface area contributed by atoms with Crippen molar-refractivity contribution in [1.82, 2.24) is 4.90 Å². The van der Waals surface area contributed by atoms with Crippen molar-refractivity contribution in [3.63, 3.8) is 0 Å². The zero-order valence-corrected chi connectivity index (χ0v) is 11.6. The van der Waals surface area contributed by atoms with Gasteiger partial charge in [0.1, 0.15) is 5.75 Å². The molecule has 2 heterocycles. The van der Waals surface area contributed by atoms with Crippen molar-refractivity contribution in [2.24, 2.45) is 0 Å². The number of benzene rings is 1. The third-order valence-corrected chi connectivity index (χ3v) is 4.80. The summed E-state index contributed by atoms with van der Waals surface area (Å²) in [4.78, 5) is 2.45. The third-order valence-electron chi connectivity index (χ3n) is 4.80. The molecule has 3 rings (SSSR count). The van der Waals surface area contributed by atoms with Crippen LogP contribution in [-0.2, 0) is 0 Å². The lowest BCUT2D eigenvalue weighted by Crippen LogP contribution is -2.49. The van der Waals surface area contributed by atoms with Crippen LogP contribution in [0.15, 0.2) is 30.3 Å². The largest absolute Gasteiger partial charge is 0.493 e. The lowest BCUT2D eigenvalue weighted by atomic mass is 9.84. The number of ether oxygens (including phenoxy) is 1. The molecule has 2 bridgehead atoms. The Morgan fingerprint density at radius 3 is 2.47 bits per heavy atom. The third kappa shape index (κ3) is 2.77. The highest BCUT2D eigenvalue weighted by Gasteiger charge is 2.45. The van der Waals surface area contributed by atoms with Gasteiger partial charge in [0.2, 0.25) is 0 Å². The predicted octanol–water partition coefficient (Wildman–Crippen LogP) is 2.44. The lowest BCUT2D eigenvalue weighted by Gasteiger charge is -2.42. The van der Waals surface area contributed by atoms with Crippen LogP contribution in [0.5, 0.6) is 5.75 Å². The number of hydrogen-bond donors (Lipinski definition) is 1. The van der Waals surface area contributed by atoms with E-state index in [1.807, 2.05) is 30.3 Å². The standard InChI is InChI=1S/C16H23NO2/c1-17-13-7-8-14(17)12-16(18,11-13)9-10-19-15-5-3-2-4-6-15/h2-6,13-14,18H,7-12H2,1H3. The fraction of sp³-hybridized carbons (Fsp3) is 0.625. The van der Waals surface area contributed by atoms with Gasteiger partial charge in [-0.25, -0.2) is 0 Å². The van der Waals surface area contributed by atoms with E-state index in [1.54, 1.807) is 0 Å². The molecule has 2 atom stereocenters. The number of para-hydroxylation sites is 1. The highest BCUT2D eigenvalue weighted by atomic mass is 16.5. The molecule has 0 amide bonds. The van der Waals surface area contributed by atoms with Crippen molar-refractivity contribution in [1.29, 1.82) is 0 Å². The fourth-order valence-electron chi connectivity index (χ4n) is 3.62. The van der Waals surface area contributed by atoms with Crippen LogP contribution >= 0.6 is 0 Å². The average molecular weight is 261 g/mol. The van der Waals surface area contributed by atoms with Crippen LogP contribution in [0.3, 0.4) is 0 Å². The lowest BCUT2D eigenvalue weighted by molar-refractivity contribution is -0.0563. The molecule has 0 radical (unpaired) electrons. The molecule has 0 aromatic heterocycles. The molecule has 2 fully saturated rings. The van der Waals surface area contributed by atoms with E-state index in [0.29, 0.717) is 18.7 Å². The van der Waals surface area contributed by atoms with Crippen molar-refractivity contribution in [3.05, 3.63) is 30.3 Å². The van der Waals surface area contributed by atoms with Gasteiger partial charge in [-0.3, -0.25) is 0 Å². The van der Waals surface area contributed by atoms with E-state index in [1.165, 1.54) is 12.8 Å². The number of aliphatic hydroxyl groups is 1. The van der Waals surface area contributed by atoms with E-state index in [4.69, 9.17) is 4.74 Å². The van der Waals surface area contributed by atoms with Gasteiger partial charge in [0.15, 0.2) is 0 Å². The van der Waals surface area contributed by atoms with Crippen LogP contribution in [0.1, 0.15) is 32.1 Å². The van der Waals surface area contributed by atoms with Crippen LogP contribution in [0.4, 0.5) is 0 Å². The smallest absolute Gasteiger partial charge is 0.119 e. The Bertz CT molecular complexity index is 406. The number of nitrogens with zero attached hydrogens (tertiary/aromatic N) is 1. The van der Waals surface area contributed by atoms with Gasteiger partial charge in [0.25, 0.3) is 0 Å². The predicted molar refractivity (Wildman–Crippen MR) is 75.3 cm³/mol. The second kappa shape index (κ2) is 5.14. The first-order valence-electron chi connectivity index (χ1n) is 7.28. The van der Waals surface area contributed by atoms with Crippen LogP contribution < -0.4 is 4.74 Å². The van der Waals surface area contributed by atoms with Gasteiger partial charge < -0.3 is 14.7 Å². The SMILES string of the molecule is CN1C2CCC1CC(O)(CCOc1ccccc1)C2. The Balaban J connectivity index is 1.53. The summed E-state index contributed by atoms with van der Waals surface area (Å²) in [6, 6.07) is 11.0. The van der Waals surface area contributed by atoms with Gasteiger partial charge in [-0.2, -0.15) is 0 Å². The Morgan fingerprint density at radius 2 is 1.84 bits per heavy atom. The summed E-state index contributed by atoms with van der Waals surface area (Å²) in [6.07, 6.45) is 5.02. The molecule has 0 spiro atoms. The molecule has 2 aliphatic heterocycles. The van der Waals surface area contributed by atoms with E-state index >= 15 is 0 Å². The molecule has 2 unspecified atom stereocenters. The topological polar surface area (TPSA) is 32.7 Å². The van der Waals surface area contributed by atoms with Gasteiger partial charge in [-0.05, 0) is 44.9 Å². The summed E-state index contributed by atoms with van der Waals surface area (Å²) in [5, 5.41) is 10.7. The minimum absolute atomic E-state index is 0.521. The number of hydrogen-bond acceptors (Lipinski definition) is 3. The molecular weight excluding hydrogens is 238 g/mol. The van der Waals surface area contributed by atoms with Crippen molar-refractivity contribution >= 4 is 0 Å². The van der Waals surface area contributed by atoms with E-state index in [0.717, 1.165) is 25.0 Å². The van der Waals surface area contributed by atoms with Gasteiger partial charge in [0, 0.05) is 18.5 Å². The molecule has 2 saturated heterocycles. The highest BCUT2D eigenvalue weighted by Crippen LogP contribution is 2.41. The summed E-state index contributed by atoms with van der Waals surface area (Å²) < 4.78 is 5.72. The molecule has 19 heavy (non-hydrogen) atoms. The second-order valence-corrected chi connectivity index (χ2v) is 6.09. The summed E-state index contributed by atoms with van der Waals surface area (Å²) in [6.45, 7) is 0.601. The van der Waals surface area contributed by atoms with Crippen LogP contribution in [0, 0.1) is 0 Å². The van der Waals surface area contributed by atoms with Gasteiger partial charge in [-0.1, -0.05) is 18.2 Å². The van der Waals surface area contributed by atoms with Crippen molar-refractivity contribution in [2.75, 3.05) is 13.7 Å². The number of piperidine rings is 1. The van der Waals surface area contributed by atoms with Crippen molar-refractivity contribution < 1.29 is 9.84 Å². The molecule has 104 valence electrons. The average Bonchev–Trinajstić information content (AvgIpc) is 2.63. The Labute approximate surface area is 115 Å². The quantitative estimate of drug-likeness (QED) is 0.903. The fourth-order valence-corrected chi connectivity index (χ4v) is 3.62. The molecular formula is C16H23NO2. The Morgan fingerprint density at radius 1 is 1.21 bits per heavy atom. The molecule has 1 aromatic carbocycles. The normalized spacial score (nSPS) is 34.4. The number of fused-ring (bicyclic) bond motifs is 2. The molecule has 3 nitrogen and oxygen atoms in total. The minimum atomic E-state index is -0.521. The van der Waals surface area contributed by atoms with E-state index in [2.05, 4.69) is 11.9 Å². The summed E-state index contributed by atoms with van der Waals surface area (Å²) in [7, 11) is 2.20. The monoisotopic (exact) mass is 261 g/mol. The van der Waals surface area contributed by atoms with E-state index in [9.17, 15) is 5.11 Å². The zero-order valence-electron chi connectivity index (χ0n) is 11.6. The molecule has 3 heteroatoms. The maximum atomic E-state index is 10.7. The van der Waals surface area contributed by atoms with Gasteiger partial charge in [0.05, 0.1) is 12.2 Å². The molecule has 0 saturated carbocycles. The molecule has 0 aliphatic carbocycles. The van der Waals surface area contributed by atoms with Crippen LogP contribution in [0.25, 0.3) is 0 Å². The summed E-state index contributed by atoms with van der Waals surface area (Å²) >= 11 is 0. The first kappa shape index (κ1) is 12.9. The van der Waals surface area contributed by atoms with Gasteiger partial charge >= 0.3 is 0 Å². The molecule has 1 aromatic rings. The van der Waals surface area contributed by atoms with Crippen molar-refractivity contribution in [3.8, 4) is 5.75 Å². The van der Waals surface area contributed by atoms with Gasteiger partial charge in [-0.15, -0.1) is 0 Å². The van der Waals surface area contributed by atoms with Crippen LogP contribution in [-0.4, -0.2) is 41.3 Å². The van der Waals surface area contributed by atoms with Crippen LogP contribution in [0.2, 0.25) is 0 Å². The van der Waals surface area contributed by atoms with Crippen molar-refractivity contribution in [2.45, 2.75) is 49.8 Å². The first-order valence-corrected chi connectivity index (χ1v) is 7.28. The summed E-state index contributed by atoms with van der Waals surface area (Å²) in [5.74, 6) is 0.891. The number of rotatable bonds is 4. The highest BCUT2D eigenvalue weighted by molar-refractivity contribution is 5.20.